The molecule has 0 radical (unpaired) electrons. The van der Waals surface area contributed by atoms with E-state index in [2.05, 4.69) is 0 Å². The zero-order chi connectivity index (χ0) is 17.6. The van der Waals surface area contributed by atoms with Crippen LogP contribution in [0.3, 0.4) is 0 Å². The minimum absolute atomic E-state index is 0.0117. The molecule has 0 aliphatic carbocycles. The Morgan fingerprint density at radius 2 is 1.84 bits per heavy atom. The first-order chi connectivity index (χ1) is 12.1. The summed E-state index contributed by atoms with van der Waals surface area (Å²) < 4.78 is 18.7. The topological polar surface area (TPSA) is 29.5 Å². The van der Waals surface area contributed by atoms with E-state index in [1.54, 1.807) is 24.3 Å². The SMILES string of the molecule is O=C(COc1ccc(Cl)cc1)N1CCCCC(c2ccc(F)cc2)C1. The Hall–Kier alpha value is -2.07. The van der Waals surface area contributed by atoms with Crippen molar-refractivity contribution in [3.63, 3.8) is 0 Å². The van der Waals surface area contributed by atoms with E-state index in [1.165, 1.54) is 12.1 Å². The lowest BCUT2D eigenvalue weighted by Gasteiger charge is -2.25. The third-order valence-corrected chi connectivity index (χ3v) is 4.79. The Morgan fingerprint density at radius 3 is 2.56 bits per heavy atom. The average molecular weight is 362 g/mol. The Morgan fingerprint density at radius 1 is 1.12 bits per heavy atom. The molecule has 132 valence electrons. The summed E-state index contributed by atoms with van der Waals surface area (Å²) in [6.45, 7) is 1.40. The molecular weight excluding hydrogens is 341 g/mol. The smallest absolute Gasteiger partial charge is 0.260 e. The highest BCUT2D eigenvalue weighted by atomic mass is 35.5. The minimum atomic E-state index is -0.235. The largest absolute Gasteiger partial charge is 0.484 e. The van der Waals surface area contributed by atoms with Gasteiger partial charge in [0.15, 0.2) is 6.61 Å². The molecule has 2 aromatic carbocycles. The van der Waals surface area contributed by atoms with Gasteiger partial charge in [0.25, 0.3) is 5.91 Å². The van der Waals surface area contributed by atoms with Crippen molar-refractivity contribution in [2.75, 3.05) is 19.7 Å². The van der Waals surface area contributed by atoms with E-state index >= 15 is 0 Å². The van der Waals surface area contributed by atoms with Gasteiger partial charge in [-0.2, -0.15) is 0 Å². The standard InChI is InChI=1S/C20H21ClFNO2/c21-17-6-10-19(11-7-17)25-14-20(24)23-12-2-1-3-16(13-23)15-4-8-18(22)9-5-15/h4-11,16H,1-3,12-14H2. The fourth-order valence-corrected chi connectivity index (χ4v) is 3.27. The molecule has 1 fully saturated rings. The van der Waals surface area contributed by atoms with Gasteiger partial charge >= 0.3 is 0 Å². The molecule has 1 heterocycles. The van der Waals surface area contributed by atoms with E-state index in [-0.39, 0.29) is 24.2 Å². The predicted molar refractivity (Wildman–Crippen MR) is 96.5 cm³/mol. The molecule has 1 aliphatic rings. The van der Waals surface area contributed by atoms with Crippen LogP contribution < -0.4 is 4.74 Å². The number of halogens is 2. The molecule has 0 bridgehead atoms. The molecule has 25 heavy (non-hydrogen) atoms. The molecule has 0 saturated carbocycles. The molecule has 3 nitrogen and oxygen atoms in total. The summed E-state index contributed by atoms with van der Waals surface area (Å²) in [5, 5.41) is 0.633. The minimum Gasteiger partial charge on any atom is -0.484 e. The van der Waals surface area contributed by atoms with E-state index in [4.69, 9.17) is 16.3 Å². The maximum absolute atomic E-state index is 13.1. The van der Waals surface area contributed by atoms with Crippen molar-refractivity contribution in [2.24, 2.45) is 0 Å². The molecular formula is C20H21ClFNO2. The van der Waals surface area contributed by atoms with Crippen LogP contribution in [-0.2, 0) is 4.79 Å². The molecule has 0 aromatic heterocycles. The van der Waals surface area contributed by atoms with Crippen LogP contribution >= 0.6 is 11.6 Å². The van der Waals surface area contributed by atoms with Crippen molar-refractivity contribution < 1.29 is 13.9 Å². The second-order valence-corrected chi connectivity index (χ2v) is 6.76. The molecule has 1 saturated heterocycles. The summed E-state index contributed by atoms with van der Waals surface area (Å²) in [6, 6.07) is 13.6. The fraction of sp³-hybridized carbons (Fsp3) is 0.350. The predicted octanol–water partition coefficient (Wildman–Crippen LogP) is 4.65. The number of nitrogens with zero attached hydrogens (tertiary/aromatic N) is 1. The Labute approximate surface area is 152 Å². The lowest BCUT2D eigenvalue weighted by atomic mass is 9.94. The van der Waals surface area contributed by atoms with Gasteiger partial charge in [0, 0.05) is 24.0 Å². The maximum atomic E-state index is 13.1. The van der Waals surface area contributed by atoms with Crippen LogP contribution in [-0.4, -0.2) is 30.5 Å². The van der Waals surface area contributed by atoms with Gasteiger partial charge in [-0.15, -0.1) is 0 Å². The summed E-state index contributed by atoms with van der Waals surface area (Å²) in [7, 11) is 0. The quantitative estimate of drug-likeness (QED) is 0.793. The second kappa shape index (κ2) is 8.34. The van der Waals surface area contributed by atoms with Crippen LogP contribution in [0.4, 0.5) is 4.39 Å². The Bertz CT molecular complexity index is 703. The van der Waals surface area contributed by atoms with Crippen molar-refractivity contribution in [3.8, 4) is 5.75 Å². The molecule has 5 heteroatoms. The van der Waals surface area contributed by atoms with Crippen molar-refractivity contribution in [3.05, 3.63) is 64.9 Å². The molecule has 1 unspecified atom stereocenters. The maximum Gasteiger partial charge on any atom is 0.260 e. The van der Waals surface area contributed by atoms with Crippen LogP contribution in [0.5, 0.6) is 5.75 Å². The van der Waals surface area contributed by atoms with Gasteiger partial charge < -0.3 is 9.64 Å². The number of amides is 1. The van der Waals surface area contributed by atoms with Crippen LogP contribution in [0.2, 0.25) is 5.02 Å². The van der Waals surface area contributed by atoms with Gasteiger partial charge in [-0.05, 0) is 54.8 Å². The number of carbonyl (C=O) groups excluding carboxylic acids is 1. The van der Waals surface area contributed by atoms with Gasteiger partial charge in [0.2, 0.25) is 0 Å². The molecule has 1 amide bonds. The number of benzene rings is 2. The number of hydrogen-bond acceptors (Lipinski definition) is 2. The molecule has 3 rings (SSSR count). The van der Waals surface area contributed by atoms with Crippen molar-refractivity contribution in [1.29, 1.82) is 0 Å². The first-order valence-electron chi connectivity index (χ1n) is 8.53. The summed E-state index contributed by atoms with van der Waals surface area (Å²) in [5.41, 5.74) is 1.08. The number of rotatable bonds is 4. The molecule has 1 aliphatic heterocycles. The van der Waals surface area contributed by atoms with Crippen LogP contribution in [0.25, 0.3) is 0 Å². The highest BCUT2D eigenvalue weighted by molar-refractivity contribution is 6.30. The monoisotopic (exact) mass is 361 g/mol. The van der Waals surface area contributed by atoms with E-state index in [0.29, 0.717) is 17.3 Å². The molecule has 0 spiro atoms. The summed E-state index contributed by atoms with van der Waals surface area (Å²) in [4.78, 5) is 14.4. The van der Waals surface area contributed by atoms with E-state index in [1.807, 2.05) is 17.0 Å². The second-order valence-electron chi connectivity index (χ2n) is 6.33. The Balaban J connectivity index is 1.60. The van der Waals surface area contributed by atoms with Crippen molar-refractivity contribution >= 4 is 17.5 Å². The van der Waals surface area contributed by atoms with Gasteiger partial charge in [-0.25, -0.2) is 4.39 Å². The van der Waals surface area contributed by atoms with Gasteiger partial charge in [-0.1, -0.05) is 30.2 Å². The zero-order valence-corrected chi connectivity index (χ0v) is 14.7. The van der Waals surface area contributed by atoms with Crippen LogP contribution in [0.1, 0.15) is 30.7 Å². The van der Waals surface area contributed by atoms with Crippen LogP contribution in [0.15, 0.2) is 48.5 Å². The van der Waals surface area contributed by atoms with Gasteiger partial charge in [0.1, 0.15) is 11.6 Å². The van der Waals surface area contributed by atoms with Gasteiger partial charge in [-0.3, -0.25) is 4.79 Å². The lowest BCUT2D eigenvalue weighted by molar-refractivity contribution is -0.133. The van der Waals surface area contributed by atoms with Crippen LogP contribution in [0, 0.1) is 5.82 Å². The third kappa shape index (κ3) is 4.95. The Kier molecular flexibility index (Phi) is 5.92. The number of ether oxygens (including phenoxy) is 1. The first-order valence-corrected chi connectivity index (χ1v) is 8.91. The fourth-order valence-electron chi connectivity index (χ4n) is 3.14. The molecule has 0 N–H and O–H groups in total. The van der Waals surface area contributed by atoms with Gasteiger partial charge in [0.05, 0.1) is 0 Å². The number of hydrogen-bond donors (Lipinski definition) is 0. The average Bonchev–Trinajstić information content (AvgIpc) is 2.88. The van der Waals surface area contributed by atoms with E-state index in [9.17, 15) is 9.18 Å². The number of carbonyl (C=O) groups is 1. The molecule has 1 atom stereocenters. The van der Waals surface area contributed by atoms with Crippen molar-refractivity contribution in [2.45, 2.75) is 25.2 Å². The highest BCUT2D eigenvalue weighted by Gasteiger charge is 2.23. The van der Waals surface area contributed by atoms with E-state index < -0.39 is 0 Å². The normalized spacial score (nSPS) is 17.8. The third-order valence-electron chi connectivity index (χ3n) is 4.54. The van der Waals surface area contributed by atoms with Crippen molar-refractivity contribution in [1.82, 2.24) is 4.90 Å². The summed E-state index contributed by atoms with van der Waals surface area (Å²) in [5.74, 6) is 0.607. The summed E-state index contributed by atoms with van der Waals surface area (Å²) >= 11 is 5.84. The first kappa shape index (κ1) is 17.7. The summed E-state index contributed by atoms with van der Waals surface area (Å²) in [6.07, 6.45) is 3.04. The highest BCUT2D eigenvalue weighted by Crippen LogP contribution is 2.27. The number of likely N-dealkylation sites (tertiary alicyclic amines) is 1. The van der Waals surface area contributed by atoms with E-state index in [0.717, 1.165) is 31.4 Å². The zero-order valence-electron chi connectivity index (χ0n) is 14.0. The lowest BCUT2D eigenvalue weighted by Crippen LogP contribution is -2.37. The molecule has 2 aromatic rings.